The van der Waals surface area contributed by atoms with Crippen LogP contribution in [0.25, 0.3) is 0 Å². The van der Waals surface area contributed by atoms with E-state index in [1.807, 2.05) is 32.0 Å². The molecular formula is C27H22ClN3O5. The van der Waals surface area contributed by atoms with Crippen LogP contribution in [0.3, 0.4) is 0 Å². The predicted octanol–water partition coefficient (Wildman–Crippen LogP) is 4.78. The molecule has 182 valence electrons. The topological polar surface area (TPSA) is 105 Å². The van der Waals surface area contributed by atoms with Gasteiger partial charge in [-0.1, -0.05) is 23.7 Å². The number of nitrogens with zero attached hydrogens (tertiary/aromatic N) is 1. The first kappa shape index (κ1) is 24.7. The van der Waals surface area contributed by atoms with Gasteiger partial charge in [0.25, 0.3) is 17.7 Å². The van der Waals surface area contributed by atoms with Crippen molar-refractivity contribution in [1.29, 1.82) is 0 Å². The molecule has 36 heavy (non-hydrogen) atoms. The van der Waals surface area contributed by atoms with Crippen molar-refractivity contribution >= 4 is 52.4 Å². The van der Waals surface area contributed by atoms with Crippen LogP contribution < -0.4 is 15.5 Å². The summed E-state index contributed by atoms with van der Waals surface area (Å²) in [4.78, 5) is 50.9. The van der Waals surface area contributed by atoms with Gasteiger partial charge in [0.05, 0.1) is 18.4 Å². The van der Waals surface area contributed by atoms with E-state index in [1.165, 1.54) is 31.4 Å². The first-order chi connectivity index (χ1) is 17.2. The monoisotopic (exact) mass is 503 g/mol. The highest BCUT2D eigenvalue weighted by atomic mass is 35.5. The molecule has 4 rings (SSSR count). The number of hydrogen-bond acceptors (Lipinski definition) is 6. The Morgan fingerprint density at radius 2 is 1.50 bits per heavy atom. The molecule has 1 aliphatic heterocycles. The number of methoxy groups -OCH3 is 1. The Bertz CT molecular complexity index is 1410. The number of carbonyl (C=O) groups is 4. The maximum atomic E-state index is 13.0. The molecule has 0 atom stereocenters. The number of nitrogens with one attached hydrogen (secondary N) is 2. The van der Waals surface area contributed by atoms with E-state index in [4.69, 9.17) is 11.6 Å². The zero-order valence-electron chi connectivity index (χ0n) is 19.7. The lowest BCUT2D eigenvalue weighted by atomic mass is 10.1. The fourth-order valence-electron chi connectivity index (χ4n) is 3.64. The molecule has 0 aromatic heterocycles. The van der Waals surface area contributed by atoms with Crippen molar-refractivity contribution < 1.29 is 23.9 Å². The van der Waals surface area contributed by atoms with Crippen LogP contribution in [0.1, 0.15) is 31.8 Å². The summed E-state index contributed by atoms with van der Waals surface area (Å²) in [5.41, 5.74) is 4.12. The molecule has 2 N–H and O–H groups in total. The minimum atomic E-state index is -0.695. The van der Waals surface area contributed by atoms with E-state index in [0.29, 0.717) is 11.3 Å². The summed E-state index contributed by atoms with van der Waals surface area (Å²) < 4.78 is 4.66. The molecule has 3 amide bonds. The molecule has 0 spiro atoms. The van der Waals surface area contributed by atoms with E-state index in [-0.39, 0.29) is 27.9 Å². The average Bonchev–Trinajstić information content (AvgIpc) is 3.09. The Hall–Kier alpha value is -4.43. The van der Waals surface area contributed by atoms with Crippen LogP contribution >= 0.6 is 11.6 Å². The average molecular weight is 504 g/mol. The van der Waals surface area contributed by atoms with E-state index in [0.717, 1.165) is 21.7 Å². The normalized spacial score (nSPS) is 13.2. The number of ether oxygens (including phenoxy) is 1. The summed E-state index contributed by atoms with van der Waals surface area (Å²) in [6, 6.07) is 17.9. The first-order valence-electron chi connectivity index (χ1n) is 10.9. The van der Waals surface area contributed by atoms with Crippen molar-refractivity contribution in [1.82, 2.24) is 0 Å². The molecular weight excluding hydrogens is 482 g/mol. The van der Waals surface area contributed by atoms with E-state index >= 15 is 0 Å². The van der Waals surface area contributed by atoms with Crippen molar-refractivity contribution in [3.63, 3.8) is 0 Å². The number of aryl methyl sites for hydroxylation is 1. The molecule has 1 heterocycles. The van der Waals surface area contributed by atoms with Crippen molar-refractivity contribution in [2.24, 2.45) is 0 Å². The van der Waals surface area contributed by atoms with Crippen LogP contribution in [0.2, 0.25) is 0 Å². The Morgan fingerprint density at radius 1 is 0.861 bits per heavy atom. The second-order valence-electron chi connectivity index (χ2n) is 8.08. The third-order valence-electron chi connectivity index (χ3n) is 5.84. The molecule has 0 aliphatic carbocycles. The van der Waals surface area contributed by atoms with Crippen LogP contribution in [-0.4, -0.2) is 30.8 Å². The zero-order chi connectivity index (χ0) is 26.0. The molecule has 3 aromatic rings. The lowest BCUT2D eigenvalue weighted by Gasteiger charge is -2.15. The molecule has 3 aromatic carbocycles. The van der Waals surface area contributed by atoms with E-state index in [9.17, 15) is 19.2 Å². The molecule has 0 bridgehead atoms. The van der Waals surface area contributed by atoms with Gasteiger partial charge in [0.1, 0.15) is 10.7 Å². The first-order valence-corrected chi connectivity index (χ1v) is 11.3. The van der Waals surface area contributed by atoms with Gasteiger partial charge in [-0.25, -0.2) is 9.69 Å². The van der Waals surface area contributed by atoms with E-state index in [1.54, 1.807) is 24.3 Å². The second-order valence-corrected chi connectivity index (χ2v) is 8.46. The molecule has 0 unspecified atom stereocenters. The van der Waals surface area contributed by atoms with Crippen molar-refractivity contribution in [2.75, 3.05) is 22.6 Å². The second kappa shape index (κ2) is 10.1. The summed E-state index contributed by atoms with van der Waals surface area (Å²) in [6.45, 7) is 3.91. The van der Waals surface area contributed by atoms with Gasteiger partial charge in [-0.3, -0.25) is 14.4 Å². The summed E-state index contributed by atoms with van der Waals surface area (Å²) in [5.74, 6) is -2.15. The van der Waals surface area contributed by atoms with Gasteiger partial charge in [0.15, 0.2) is 0 Å². The summed E-state index contributed by atoms with van der Waals surface area (Å²) in [7, 11) is 1.26. The van der Waals surface area contributed by atoms with Gasteiger partial charge in [-0.15, -0.1) is 0 Å². The van der Waals surface area contributed by atoms with Crippen molar-refractivity contribution in [2.45, 2.75) is 13.8 Å². The van der Waals surface area contributed by atoms with Crippen LogP contribution in [0.4, 0.5) is 17.1 Å². The summed E-state index contributed by atoms with van der Waals surface area (Å²) >= 11 is 6.19. The van der Waals surface area contributed by atoms with Crippen LogP contribution in [0, 0.1) is 13.8 Å². The molecule has 0 saturated carbocycles. The quantitative estimate of drug-likeness (QED) is 0.370. The Kier molecular flexibility index (Phi) is 6.89. The van der Waals surface area contributed by atoms with Gasteiger partial charge in [0.2, 0.25) is 0 Å². The van der Waals surface area contributed by atoms with Crippen LogP contribution in [0.5, 0.6) is 0 Å². The fourth-order valence-corrected chi connectivity index (χ4v) is 3.85. The minimum Gasteiger partial charge on any atom is -0.465 e. The summed E-state index contributed by atoms with van der Waals surface area (Å²) in [6.07, 6.45) is 0. The smallest absolute Gasteiger partial charge is 0.337 e. The maximum Gasteiger partial charge on any atom is 0.337 e. The van der Waals surface area contributed by atoms with Crippen LogP contribution in [0.15, 0.2) is 77.5 Å². The minimum absolute atomic E-state index is 0.0914. The lowest BCUT2D eigenvalue weighted by molar-refractivity contribution is -0.120. The van der Waals surface area contributed by atoms with Gasteiger partial charge in [-0.05, 0) is 79.6 Å². The largest absolute Gasteiger partial charge is 0.465 e. The molecule has 0 radical (unpaired) electrons. The Labute approximate surface area is 212 Å². The highest BCUT2D eigenvalue weighted by Gasteiger charge is 2.39. The molecule has 9 heteroatoms. The van der Waals surface area contributed by atoms with E-state index < -0.39 is 17.8 Å². The third kappa shape index (κ3) is 4.71. The number of anilines is 3. The van der Waals surface area contributed by atoms with Gasteiger partial charge >= 0.3 is 5.97 Å². The predicted molar refractivity (Wildman–Crippen MR) is 137 cm³/mol. The number of esters is 1. The Balaban J connectivity index is 1.47. The number of halogens is 1. The molecule has 1 aliphatic rings. The van der Waals surface area contributed by atoms with Crippen molar-refractivity contribution in [3.05, 3.63) is 99.7 Å². The van der Waals surface area contributed by atoms with Gasteiger partial charge < -0.3 is 15.4 Å². The highest BCUT2D eigenvalue weighted by molar-refractivity contribution is 6.53. The van der Waals surface area contributed by atoms with Crippen LogP contribution in [-0.2, 0) is 14.3 Å². The van der Waals surface area contributed by atoms with Gasteiger partial charge in [0, 0.05) is 16.9 Å². The zero-order valence-corrected chi connectivity index (χ0v) is 20.5. The molecule has 0 saturated heterocycles. The third-order valence-corrected chi connectivity index (χ3v) is 6.19. The highest BCUT2D eigenvalue weighted by Crippen LogP contribution is 2.30. The summed E-state index contributed by atoms with van der Waals surface area (Å²) in [5, 5.41) is 5.50. The SMILES string of the molecule is COC(=O)c1ccc(N2C(=O)C(Cl)=C(Nc3ccc(C(=O)Nc4cccc(C)c4C)cc3)C2=O)cc1. The van der Waals surface area contributed by atoms with Gasteiger partial charge in [-0.2, -0.15) is 0 Å². The standard InChI is InChI=1S/C27H22ClN3O5/c1-15-5-4-6-21(16(15)2)30-24(32)17-7-11-19(12-8-17)29-23-22(28)25(33)31(26(23)34)20-13-9-18(10-14-20)27(35)36-3/h4-14,29H,1-3H3,(H,30,32). The lowest BCUT2D eigenvalue weighted by Crippen LogP contribution is -2.32. The number of carbonyl (C=O) groups excluding carboxylic acids is 4. The molecule has 8 nitrogen and oxygen atoms in total. The number of benzene rings is 3. The van der Waals surface area contributed by atoms with E-state index in [2.05, 4.69) is 15.4 Å². The maximum absolute atomic E-state index is 13.0. The Morgan fingerprint density at radius 3 is 2.14 bits per heavy atom. The van der Waals surface area contributed by atoms with Crippen molar-refractivity contribution in [3.8, 4) is 0 Å². The molecule has 0 fully saturated rings. The number of amides is 3. The fraction of sp³-hybridized carbons (Fsp3) is 0.111. The number of imide groups is 1. The number of hydrogen-bond donors (Lipinski definition) is 2. The number of rotatable bonds is 6.